The zero-order valence-corrected chi connectivity index (χ0v) is 7.59. The van der Waals surface area contributed by atoms with Crippen LogP contribution in [-0.2, 0) is 0 Å². The third-order valence-electron chi connectivity index (χ3n) is 1.42. The van der Waals surface area contributed by atoms with Gasteiger partial charge in [0.05, 0.1) is 6.54 Å². The first-order valence-corrected chi connectivity index (χ1v) is 3.96. The largest absolute Gasteiger partial charge is 0.364 e. The van der Waals surface area contributed by atoms with E-state index in [9.17, 15) is 8.78 Å². The summed E-state index contributed by atoms with van der Waals surface area (Å²) in [5, 5.41) is 2.46. The molecule has 0 bridgehead atoms. The Morgan fingerprint density at radius 3 is 2.64 bits per heavy atom. The van der Waals surface area contributed by atoms with Gasteiger partial charge in [0.25, 0.3) is 6.43 Å². The lowest BCUT2D eigenvalue weighted by Crippen LogP contribution is -2.14. The summed E-state index contributed by atoms with van der Waals surface area (Å²) >= 11 is 0. The number of nitrogens with two attached hydrogens (primary N) is 1. The fourth-order valence-corrected chi connectivity index (χ4v) is 0.914. The SMILES string of the molecule is Cc1nc(NN)cc(NCC(F)F)n1. The van der Waals surface area contributed by atoms with Crippen molar-refractivity contribution in [3.63, 3.8) is 0 Å². The minimum Gasteiger partial charge on any atom is -0.364 e. The van der Waals surface area contributed by atoms with Gasteiger partial charge >= 0.3 is 0 Å². The van der Waals surface area contributed by atoms with Crippen LogP contribution in [0.15, 0.2) is 6.07 Å². The molecule has 0 atom stereocenters. The van der Waals surface area contributed by atoms with Crippen LogP contribution in [-0.4, -0.2) is 22.9 Å². The molecular weight excluding hydrogens is 192 g/mol. The zero-order valence-electron chi connectivity index (χ0n) is 7.59. The smallest absolute Gasteiger partial charge is 0.255 e. The van der Waals surface area contributed by atoms with Gasteiger partial charge in [0.2, 0.25) is 0 Å². The molecule has 1 aromatic heterocycles. The maximum absolute atomic E-state index is 11.9. The van der Waals surface area contributed by atoms with Crippen molar-refractivity contribution in [3.8, 4) is 0 Å². The molecule has 1 heterocycles. The topological polar surface area (TPSA) is 75.9 Å². The highest BCUT2D eigenvalue weighted by Gasteiger charge is 2.04. The van der Waals surface area contributed by atoms with Crippen LogP contribution in [0.3, 0.4) is 0 Å². The fraction of sp³-hybridized carbons (Fsp3) is 0.429. The molecule has 0 unspecified atom stereocenters. The van der Waals surface area contributed by atoms with Crippen LogP contribution >= 0.6 is 0 Å². The van der Waals surface area contributed by atoms with Crippen molar-refractivity contribution in [2.75, 3.05) is 17.3 Å². The first-order chi connectivity index (χ1) is 6.61. The van der Waals surface area contributed by atoms with Crippen LogP contribution in [0.25, 0.3) is 0 Å². The average molecular weight is 203 g/mol. The second-order valence-electron chi connectivity index (χ2n) is 2.60. The van der Waals surface area contributed by atoms with Crippen molar-refractivity contribution in [3.05, 3.63) is 11.9 Å². The third kappa shape index (κ3) is 3.09. The van der Waals surface area contributed by atoms with Crippen LogP contribution in [0.1, 0.15) is 5.82 Å². The van der Waals surface area contributed by atoms with Crippen LogP contribution in [0.4, 0.5) is 20.4 Å². The molecule has 0 aliphatic heterocycles. The summed E-state index contributed by atoms with van der Waals surface area (Å²) in [5.74, 6) is 6.29. The van der Waals surface area contributed by atoms with E-state index in [1.165, 1.54) is 6.07 Å². The summed E-state index contributed by atoms with van der Waals surface area (Å²) in [4.78, 5) is 7.81. The molecule has 78 valence electrons. The summed E-state index contributed by atoms with van der Waals surface area (Å²) in [5.41, 5.74) is 2.32. The van der Waals surface area contributed by atoms with Gasteiger partial charge in [-0.15, -0.1) is 0 Å². The van der Waals surface area contributed by atoms with E-state index >= 15 is 0 Å². The van der Waals surface area contributed by atoms with E-state index in [2.05, 4.69) is 20.7 Å². The maximum Gasteiger partial charge on any atom is 0.255 e. The fourth-order valence-electron chi connectivity index (χ4n) is 0.914. The molecule has 7 heteroatoms. The third-order valence-corrected chi connectivity index (χ3v) is 1.42. The zero-order chi connectivity index (χ0) is 10.6. The molecule has 0 aliphatic carbocycles. The molecule has 4 N–H and O–H groups in total. The maximum atomic E-state index is 11.9. The Kier molecular flexibility index (Phi) is 3.52. The lowest BCUT2D eigenvalue weighted by Gasteiger charge is -2.07. The Morgan fingerprint density at radius 1 is 1.43 bits per heavy atom. The van der Waals surface area contributed by atoms with Gasteiger partial charge in [0.15, 0.2) is 0 Å². The van der Waals surface area contributed by atoms with Crippen molar-refractivity contribution in [1.82, 2.24) is 9.97 Å². The second-order valence-corrected chi connectivity index (χ2v) is 2.60. The van der Waals surface area contributed by atoms with Crippen molar-refractivity contribution >= 4 is 11.6 Å². The molecule has 0 radical (unpaired) electrons. The standard InChI is InChI=1S/C7H11F2N5/c1-4-12-6(11-3-5(8)9)2-7(13-4)14-10/h2,5H,3,10H2,1H3,(H2,11,12,13,14). The molecule has 1 rings (SSSR count). The first-order valence-electron chi connectivity index (χ1n) is 3.96. The Labute approximate surface area is 79.7 Å². The van der Waals surface area contributed by atoms with Crippen LogP contribution < -0.4 is 16.6 Å². The van der Waals surface area contributed by atoms with E-state index in [0.29, 0.717) is 17.5 Å². The van der Waals surface area contributed by atoms with Crippen LogP contribution in [0, 0.1) is 6.92 Å². The first kappa shape index (κ1) is 10.6. The highest BCUT2D eigenvalue weighted by atomic mass is 19.3. The molecule has 1 aromatic rings. The number of nitrogen functional groups attached to an aromatic ring is 1. The van der Waals surface area contributed by atoms with Gasteiger partial charge in [-0.3, -0.25) is 0 Å². The van der Waals surface area contributed by atoms with Gasteiger partial charge in [-0.05, 0) is 6.92 Å². The van der Waals surface area contributed by atoms with Crippen molar-refractivity contribution in [2.45, 2.75) is 13.3 Å². The molecule has 0 fully saturated rings. The second kappa shape index (κ2) is 4.66. The Morgan fingerprint density at radius 2 is 2.07 bits per heavy atom. The predicted molar refractivity (Wildman–Crippen MR) is 49.1 cm³/mol. The predicted octanol–water partition coefficient (Wildman–Crippen LogP) is 0.748. The van der Waals surface area contributed by atoms with Crippen LogP contribution in [0.5, 0.6) is 0 Å². The minimum absolute atomic E-state index is 0.325. The Balaban J connectivity index is 2.71. The molecule has 0 aromatic carbocycles. The number of hydrazine groups is 1. The molecule has 5 nitrogen and oxygen atoms in total. The number of hydrogen-bond acceptors (Lipinski definition) is 5. The minimum atomic E-state index is -2.42. The average Bonchev–Trinajstić information content (AvgIpc) is 2.14. The van der Waals surface area contributed by atoms with E-state index in [4.69, 9.17) is 5.84 Å². The number of aromatic nitrogens is 2. The molecule has 0 spiro atoms. The van der Waals surface area contributed by atoms with E-state index in [1.54, 1.807) is 6.92 Å². The quantitative estimate of drug-likeness (QED) is 0.497. The highest BCUT2D eigenvalue weighted by Crippen LogP contribution is 2.10. The van der Waals surface area contributed by atoms with Gasteiger partial charge in [-0.1, -0.05) is 0 Å². The summed E-state index contributed by atoms with van der Waals surface area (Å²) in [7, 11) is 0. The Hall–Kier alpha value is -1.50. The van der Waals surface area contributed by atoms with Gasteiger partial charge in [0.1, 0.15) is 17.5 Å². The van der Waals surface area contributed by atoms with Gasteiger partial charge in [-0.25, -0.2) is 24.6 Å². The monoisotopic (exact) mass is 203 g/mol. The lowest BCUT2D eigenvalue weighted by molar-refractivity contribution is 0.163. The number of hydrogen-bond donors (Lipinski definition) is 3. The molecule has 0 saturated carbocycles. The van der Waals surface area contributed by atoms with Crippen molar-refractivity contribution < 1.29 is 8.78 Å². The Bertz CT molecular complexity index is 304. The number of halogens is 2. The van der Waals surface area contributed by atoms with Crippen molar-refractivity contribution in [2.24, 2.45) is 5.84 Å². The van der Waals surface area contributed by atoms with Crippen LogP contribution in [0.2, 0.25) is 0 Å². The van der Waals surface area contributed by atoms with Gasteiger partial charge < -0.3 is 10.7 Å². The number of nitrogens with zero attached hydrogens (tertiary/aromatic N) is 2. The number of nitrogens with one attached hydrogen (secondary N) is 2. The van der Waals surface area contributed by atoms with Gasteiger partial charge in [-0.2, -0.15) is 0 Å². The number of alkyl halides is 2. The van der Waals surface area contributed by atoms with E-state index in [0.717, 1.165) is 0 Å². The molecule has 14 heavy (non-hydrogen) atoms. The number of aryl methyl sites for hydroxylation is 1. The lowest BCUT2D eigenvalue weighted by atomic mass is 10.5. The molecule has 0 amide bonds. The van der Waals surface area contributed by atoms with Gasteiger partial charge in [0, 0.05) is 6.07 Å². The van der Waals surface area contributed by atoms with E-state index < -0.39 is 13.0 Å². The summed E-state index contributed by atoms with van der Waals surface area (Å²) in [6, 6.07) is 1.45. The molecular formula is C7H11F2N5. The summed E-state index contributed by atoms with van der Waals surface area (Å²) in [6.07, 6.45) is -2.42. The summed E-state index contributed by atoms with van der Waals surface area (Å²) < 4.78 is 23.7. The summed E-state index contributed by atoms with van der Waals surface area (Å²) in [6.45, 7) is 1.20. The van der Waals surface area contributed by atoms with Crippen molar-refractivity contribution in [1.29, 1.82) is 0 Å². The van der Waals surface area contributed by atoms with E-state index in [-0.39, 0.29) is 0 Å². The number of rotatable bonds is 4. The van der Waals surface area contributed by atoms with E-state index in [1.807, 2.05) is 0 Å². The highest BCUT2D eigenvalue weighted by molar-refractivity contribution is 5.46. The molecule has 0 saturated heterocycles. The number of anilines is 2. The molecule has 0 aliphatic rings. The normalized spacial score (nSPS) is 10.4.